The van der Waals surface area contributed by atoms with Gasteiger partial charge in [0.25, 0.3) is 0 Å². The molecule has 0 atom stereocenters. The van der Waals surface area contributed by atoms with Crippen molar-refractivity contribution in [1.29, 1.82) is 0 Å². The van der Waals surface area contributed by atoms with Gasteiger partial charge in [-0.3, -0.25) is 0 Å². The van der Waals surface area contributed by atoms with Crippen molar-refractivity contribution >= 4 is 0 Å². The Hall–Kier alpha value is -1.26. The van der Waals surface area contributed by atoms with Gasteiger partial charge >= 0.3 is 0 Å². The average Bonchev–Trinajstić information content (AvgIpc) is 2.58. The number of halogens is 2. The van der Waals surface area contributed by atoms with E-state index < -0.39 is 11.6 Å². The third-order valence-electron chi connectivity index (χ3n) is 4.85. The van der Waals surface area contributed by atoms with Crippen molar-refractivity contribution in [2.45, 2.75) is 37.9 Å². The number of hydrogen-bond acceptors (Lipinski definition) is 2. The van der Waals surface area contributed by atoms with E-state index in [1.165, 1.54) is 12.1 Å². The van der Waals surface area contributed by atoms with Crippen LogP contribution in [0.15, 0.2) is 30.9 Å². The number of ether oxygens (including phenoxy) is 2. The van der Waals surface area contributed by atoms with Crippen LogP contribution in [-0.2, 0) is 9.47 Å². The number of benzene rings is 1. The summed E-state index contributed by atoms with van der Waals surface area (Å²) in [5.74, 6) is -0.551. The Kier molecular flexibility index (Phi) is 4.89. The van der Waals surface area contributed by atoms with E-state index in [-0.39, 0.29) is 12.2 Å². The quantitative estimate of drug-likeness (QED) is 0.770. The van der Waals surface area contributed by atoms with Crippen molar-refractivity contribution in [3.8, 4) is 0 Å². The van der Waals surface area contributed by atoms with Crippen LogP contribution in [0.3, 0.4) is 0 Å². The van der Waals surface area contributed by atoms with Gasteiger partial charge < -0.3 is 9.47 Å². The Balaban J connectivity index is 1.54. The molecule has 1 saturated heterocycles. The highest BCUT2D eigenvalue weighted by Gasteiger charge is 2.32. The van der Waals surface area contributed by atoms with Crippen molar-refractivity contribution in [3.63, 3.8) is 0 Å². The zero-order chi connectivity index (χ0) is 15.5. The summed E-state index contributed by atoms with van der Waals surface area (Å²) >= 11 is 0. The molecule has 0 spiro atoms. The molecule has 1 aromatic carbocycles. The predicted molar refractivity (Wildman–Crippen MR) is 80.4 cm³/mol. The van der Waals surface area contributed by atoms with Crippen molar-refractivity contribution in [3.05, 3.63) is 48.1 Å². The molecule has 3 rings (SSSR count). The molecular weight excluding hydrogens is 286 g/mol. The van der Waals surface area contributed by atoms with Crippen LogP contribution in [0.25, 0.3) is 0 Å². The summed E-state index contributed by atoms with van der Waals surface area (Å²) in [6.45, 7) is 5.12. The minimum atomic E-state index is -0.779. The summed E-state index contributed by atoms with van der Waals surface area (Å²) in [7, 11) is 0. The lowest BCUT2D eigenvalue weighted by Gasteiger charge is -2.37. The molecule has 2 aliphatic rings. The molecule has 22 heavy (non-hydrogen) atoms. The van der Waals surface area contributed by atoms with Crippen molar-refractivity contribution in [2.24, 2.45) is 11.8 Å². The molecule has 120 valence electrons. The van der Waals surface area contributed by atoms with Crippen molar-refractivity contribution in [2.75, 3.05) is 13.2 Å². The molecule has 1 saturated carbocycles. The van der Waals surface area contributed by atoms with E-state index in [1.54, 1.807) is 6.07 Å². The minimum absolute atomic E-state index is 0.123. The Morgan fingerprint density at radius 1 is 1.00 bits per heavy atom. The van der Waals surface area contributed by atoms with E-state index in [9.17, 15) is 8.78 Å². The fourth-order valence-corrected chi connectivity index (χ4v) is 3.43. The van der Waals surface area contributed by atoms with Gasteiger partial charge in [0.15, 0.2) is 17.9 Å². The molecule has 1 aromatic rings. The topological polar surface area (TPSA) is 18.5 Å². The first-order valence-electron chi connectivity index (χ1n) is 7.98. The van der Waals surface area contributed by atoms with Crippen LogP contribution in [-0.4, -0.2) is 19.5 Å². The second-order valence-corrected chi connectivity index (χ2v) is 6.32. The molecular formula is C18H22F2O2. The van der Waals surface area contributed by atoms with Gasteiger partial charge in [-0.25, -0.2) is 8.78 Å². The summed E-state index contributed by atoms with van der Waals surface area (Å²) in [4.78, 5) is 0. The molecule has 0 radical (unpaired) electrons. The lowest BCUT2D eigenvalue weighted by atomic mass is 9.78. The second-order valence-electron chi connectivity index (χ2n) is 6.32. The summed E-state index contributed by atoms with van der Waals surface area (Å²) in [5, 5.41) is 0. The molecule has 1 aliphatic carbocycles. The fourth-order valence-electron chi connectivity index (χ4n) is 3.43. The molecule has 0 unspecified atom stereocenters. The summed E-state index contributed by atoms with van der Waals surface area (Å²) in [6.07, 6.45) is 5.66. The third-order valence-corrected chi connectivity index (χ3v) is 4.85. The first-order valence-corrected chi connectivity index (χ1v) is 7.98. The lowest BCUT2D eigenvalue weighted by Crippen LogP contribution is -2.37. The van der Waals surface area contributed by atoms with E-state index in [4.69, 9.17) is 9.47 Å². The first kappa shape index (κ1) is 15.6. The maximum atomic E-state index is 13.3. The van der Waals surface area contributed by atoms with Gasteiger partial charge in [-0.15, -0.1) is 6.58 Å². The molecule has 1 aliphatic heterocycles. The average molecular weight is 308 g/mol. The molecule has 0 bridgehead atoms. The minimum Gasteiger partial charge on any atom is -0.352 e. The van der Waals surface area contributed by atoms with E-state index in [0.29, 0.717) is 25.0 Å². The number of hydrogen-bond donors (Lipinski definition) is 0. The maximum Gasteiger partial charge on any atom is 0.160 e. The molecule has 0 N–H and O–H groups in total. The highest BCUT2D eigenvalue weighted by atomic mass is 19.2. The standard InChI is InChI=1S/C18H22F2O2/c1-2-12-10-21-18(22-11-12)14-5-3-13(4-6-14)15-7-8-16(19)17(20)9-15/h2,7-9,12-14,18H,1,3-6,10-11H2/t12-,13?,14?,18-. The normalized spacial score (nSPS) is 32.6. The molecule has 4 heteroatoms. The van der Waals surface area contributed by atoms with Crippen LogP contribution in [0.5, 0.6) is 0 Å². The maximum absolute atomic E-state index is 13.3. The highest BCUT2D eigenvalue weighted by Crippen LogP contribution is 2.39. The predicted octanol–water partition coefficient (Wildman–Crippen LogP) is 4.41. The first-order chi connectivity index (χ1) is 10.7. The number of rotatable bonds is 3. The zero-order valence-electron chi connectivity index (χ0n) is 12.6. The van der Waals surface area contributed by atoms with Crippen molar-refractivity contribution < 1.29 is 18.3 Å². The van der Waals surface area contributed by atoms with Gasteiger partial charge in [-0.05, 0) is 49.3 Å². The monoisotopic (exact) mass is 308 g/mol. The van der Waals surface area contributed by atoms with Gasteiger partial charge in [-0.1, -0.05) is 12.1 Å². The van der Waals surface area contributed by atoms with Crippen molar-refractivity contribution in [1.82, 2.24) is 0 Å². The van der Waals surface area contributed by atoms with Crippen LogP contribution >= 0.6 is 0 Å². The van der Waals surface area contributed by atoms with E-state index in [1.807, 2.05) is 6.08 Å². The molecule has 2 fully saturated rings. The second kappa shape index (κ2) is 6.88. The Labute approximate surface area is 130 Å². The Morgan fingerprint density at radius 2 is 1.68 bits per heavy atom. The van der Waals surface area contributed by atoms with Crippen LogP contribution < -0.4 is 0 Å². The van der Waals surface area contributed by atoms with Gasteiger partial charge in [0.1, 0.15) is 0 Å². The SMILES string of the molecule is C=C[C@H]1CO[C@H](C2CCC(c3ccc(F)c(F)c3)CC2)OC1. The van der Waals surface area contributed by atoms with E-state index in [2.05, 4.69) is 6.58 Å². The summed E-state index contributed by atoms with van der Waals surface area (Å²) in [5.41, 5.74) is 0.898. The largest absolute Gasteiger partial charge is 0.352 e. The molecule has 1 heterocycles. The Morgan fingerprint density at radius 3 is 2.27 bits per heavy atom. The smallest absolute Gasteiger partial charge is 0.160 e. The molecule has 0 amide bonds. The fraction of sp³-hybridized carbons (Fsp3) is 0.556. The van der Waals surface area contributed by atoms with E-state index >= 15 is 0 Å². The molecule has 0 aromatic heterocycles. The van der Waals surface area contributed by atoms with Crippen LogP contribution in [0.4, 0.5) is 8.78 Å². The summed E-state index contributed by atoms with van der Waals surface area (Å²) < 4.78 is 38.0. The van der Waals surface area contributed by atoms with Gasteiger partial charge in [0.05, 0.1) is 13.2 Å². The van der Waals surface area contributed by atoms with Gasteiger partial charge in [-0.2, -0.15) is 0 Å². The lowest BCUT2D eigenvalue weighted by molar-refractivity contribution is -0.222. The van der Waals surface area contributed by atoms with Gasteiger partial charge in [0.2, 0.25) is 0 Å². The highest BCUT2D eigenvalue weighted by molar-refractivity contribution is 5.22. The Bertz CT molecular complexity index is 516. The third kappa shape index (κ3) is 3.39. The van der Waals surface area contributed by atoms with Gasteiger partial charge in [0, 0.05) is 11.8 Å². The molecule has 2 nitrogen and oxygen atoms in total. The zero-order valence-corrected chi connectivity index (χ0v) is 12.6. The van der Waals surface area contributed by atoms with Crippen LogP contribution in [0.2, 0.25) is 0 Å². The van der Waals surface area contributed by atoms with Crippen LogP contribution in [0, 0.1) is 23.5 Å². The van der Waals surface area contributed by atoms with E-state index in [0.717, 1.165) is 31.2 Å². The van der Waals surface area contributed by atoms with Crippen LogP contribution in [0.1, 0.15) is 37.2 Å². The summed E-state index contributed by atoms with van der Waals surface area (Å²) in [6, 6.07) is 4.26.